The van der Waals surface area contributed by atoms with Crippen LogP contribution in [0.4, 0.5) is 0 Å². The Labute approximate surface area is 114 Å². The van der Waals surface area contributed by atoms with Crippen molar-refractivity contribution in [3.8, 4) is 0 Å². The average molecular weight is 288 g/mol. The minimum absolute atomic E-state index is 0.112. The quantitative estimate of drug-likeness (QED) is 0.755. The summed E-state index contributed by atoms with van der Waals surface area (Å²) in [6.45, 7) is 3.65. The Morgan fingerprint density at radius 1 is 1.21 bits per heavy atom. The van der Waals surface area contributed by atoms with Gasteiger partial charge in [-0.25, -0.2) is 9.59 Å². The normalized spacial score (nSPS) is 13.7. The number of aliphatic hydroxyl groups is 2. The number of carbonyl (C=O) groups is 2. The highest BCUT2D eigenvalue weighted by molar-refractivity contribution is 7.14. The summed E-state index contributed by atoms with van der Waals surface area (Å²) in [6, 6.07) is 2.93. The molecule has 0 aliphatic carbocycles. The van der Waals surface area contributed by atoms with Gasteiger partial charge >= 0.3 is 11.9 Å². The highest BCUT2D eigenvalue weighted by Crippen LogP contribution is 2.26. The molecule has 2 N–H and O–H groups in total. The number of aliphatic hydroxyl groups excluding tert-OH is 2. The molecular formula is C12H16O6S. The SMILES string of the molecule is CCOC(=O)c1ccc(C(O)C(O)C(=O)OCC)s1. The van der Waals surface area contributed by atoms with E-state index in [1.165, 1.54) is 12.1 Å². The van der Waals surface area contributed by atoms with Gasteiger partial charge in [0.1, 0.15) is 11.0 Å². The first-order valence-electron chi connectivity index (χ1n) is 5.80. The van der Waals surface area contributed by atoms with Gasteiger partial charge in [0.25, 0.3) is 0 Å². The topological polar surface area (TPSA) is 93.1 Å². The molecule has 7 heteroatoms. The minimum atomic E-state index is -1.67. The van der Waals surface area contributed by atoms with Gasteiger partial charge in [-0.2, -0.15) is 0 Å². The van der Waals surface area contributed by atoms with Crippen LogP contribution in [0.1, 0.15) is 34.5 Å². The molecular weight excluding hydrogens is 272 g/mol. The van der Waals surface area contributed by atoms with Crippen LogP contribution in [0.15, 0.2) is 12.1 Å². The van der Waals surface area contributed by atoms with Crippen LogP contribution in [0.3, 0.4) is 0 Å². The van der Waals surface area contributed by atoms with Crippen LogP contribution in [0.5, 0.6) is 0 Å². The monoisotopic (exact) mass is 288 g/mol. The summed E-state index contributed by atoms with van der Waals surface area (Å²) >= 11 is 0.961. The predicted molar refractivity (Wildman–Crippen MR) is 67.9 cm³/mol. The second-order valence-corrected chi connectivity index (χ2v) is 4.68. The van der Waals surface area contributed by atoms with Gasteiger partial charge in [-0.3, -0.25) is 0 Å². The van der Waals surface area contributed by atoms with Crippen LogP contribution in [-0.4, -0.2) is 41.5 Å². The fraction of sp³-hybridized carbons (Fsp3) is 0.500. The van der Waals surface area contributed by atoms with E-state index in [9.17, 15) is 19.8 Å². The van der Waals surface area contributed by atoms with Crippen LogP contribution in [-0.2, 0) is 14.3 Å². The number of hydrogen-bond donors (Lipinski definition) is 2. The molecule has 0 aliphatic rings. The van der Waals surface area contributed by atoms with E-state index in [0.29, 0.717) is 9.75 Å². The molecule has 0 amide bonds. The van der Waals surface area contributed by atoms with Gasteiger partial charge < -0.3 is 19.7 Å². The van der Waals surface area contributed by atoms with Crippen molar-refractivity contribution in [2.45, 2.75) is 26.1 Å². The van der Waals surface area contributed by atoms with Gasteiger partial charge in [0.2, 0.25) is 0 Å². The van der Waals surface area contributed by atoms with Gasteiger partial charge in [0.15, 0.2) is 6.10 Å². The molecule has 0 saturated heterocycles. The summed E-state index contributed by atoms with van der Waals surface area (Å²) in [7, 11) is 0. The summed E-state index contributed by atoms with van der Waals surface area (Å²) in [6.07, 6.45) is -3.10. The van der Waals surface area contributed by atoms with Crippen molar-refractivity contribution in [1.29, 1.82) is 0 Å². The molecule has 0 spiro atoms. The Hall–Kier alpha value is -1.44. The van der Waals surface area contributed by atoms with E-state index in [4.69, 9.17) is 4.74 Å². The van der Waals surface area contributed by atoms with Crippen molar-refractivity contribution in [3.05, 3.63) is 21.9 Å². The molecule has 6 nitrogen and oxygen atoms in total. The van der Waals surface area contributed by atoms with E-state index >= 15 is 0 Å². The fourth-order valence-electron chi connectivity index (χ4n) is 1.34. The van der Waals surface area contributed by atoms with Gasteiger partial charge in [-0.15, -0.1) is 11.3 Å². The molecule has 0 bridgehead atoms. The van der Waals surface area contributed by atoms with E-state index in [2.05, 4.69) is 4.74 Å². The van der Waals surface area contributed by atoms with Crippen LogP contribution >= 0.6 is 11.3 Å². The Balaban J connectivity index is 2.75. The highest BCUT2D eigenvalue weighted by Gasteiger charge is 2.28. The van der Waals surface area contributed by atoms with Gasteiger partial charge in [0, 0.05) is 4.88 Å². The third kappa shape index (κ3) is 4.02. The van der Waals surface area contributed by atoms with Crippen LogP contribution in [0.25, 0.3) is 0 Å². The molecule has 2 unspecified atom stereocenters. The fourth-order valence-corrected chi connectivity index (χ4v) is 2.25. The lowest BCUT2D eigenvalue weighted by molar-refractivity contribution is -0.159. The summed E-state index contributed by atoms with van der Waals surface area (Å²) < 4.78 is 9.41. The summed E-state index contributed by atoms with van der Waals surface area (Å²) in [5, 5.41) is 19.4. The van der Waals surface area contributed by atoms with Crippen molar-refractivity contribution in [3.63, 3.8) is 0 Å². The zero-order valence-electron chi connectivity index (χ0n) is 10.7. The maximum Gasteiger partial charge on any atom is 0.348 e. The third-order valence-corrected chi connectivity index (χ3v) is 3.36. The molecule has 1 aromatic heterocycles. The second kappa shape index (κ2) is 7.22. The van der Waals surface area contributed by atoms with Crippen molar-refractivity contribution in [2.75, 3.05) is 13.2 Å². The lowest BCUT2D eigenvalue weighted by Crippen LogP contribution is -2.29. The standard InChI is InChI=1S/C12H16O6S/c1-3-17-11(15)8-6-5-7(19-8)9(13)10(14)12(16)18-4-2/h5-6,9-10,13-14H,3-4H2,1-2H3. The smallest absolute Gasteiger partial charge is 0.348 e. The minimum Gasteiger partial charge on any atom is -0.464 e. The number of hydrogen-bond acceptors (Lipinski definition) is 7. The van der Waals surface area contributed by atoms with E-state index in [0.717, 1.165) is 11.3 Å². The molecule has 1 heterocycles. The van der Waals surface area contributed by atoms with Crippen LogP contribution in [0, 0.1) is 0 Å². The first-order valence-corrected chi connectivity index (χ1v) is 6.62. The van der Waals surface area contributed by atoms with Crippen LogP contribution < -0.4 is 0 Å². The Kier molecular flexibility index (Phi) is 5.94. The van der Waals surface area contributed by atoms with Gasteiger partial charge in [-0.1, -0.05) is 0 Å². The Morgan fingerprint density at radius 3 is 2.42 bits per heavy atom. The van der Waals surface area contributed by atoms with Crippen LogP contribution in [0.2, 0.25) is 0 Å². The number of ether oxygens (including phenoxy) is 2. The summed E-state index contributed by atoms with van der Waals surface area (Å²) in [5.74, 6) is -1.40. The number of carbonyl (C=O) groups excluding carboxylic acids is 2. The number of thiophene rings is 1. The van der Waals surface area contributed by atoms with Crippen molar-refractivity contribution >= 4 is 23.3 Å². The molecule has 0 aromatic carbocycles. The first-order chi connectivity index (χ1) is 9.01. The number of esters is 2. The summed E-state index contributed by atoms with van der Waals surface area (Å²) in [4.78, 5) is 23.3. The lowest BCUT2D eigenvalue weighted by Gasteiger charge is -2.14. The predicted octanol–water partition coefficient (Wildman–Crippen LogP) is 0.882. The first kappa shape index (κ1) is 15.6. The molecule has 19 heavy (non-hydrogen) atoms. The molecule has 0 radical (unpaired) electrons. The zero-order chi connectivity index (χ0) is 14.4. The van der Waals surface area contributed by atoms with E-state index in [1.54, 1.807) is 13.8 Å². The molecule has 0 fully saturated rings. The Morgan fingerprint density at radius 2 is 1.84 bits per heavy atom. The van der Waals surface area contributed by atoms with E-state index < -0.39 is 24.1 Å². The van der Waals surface area contributed by atoms with E-state index in [1.807, 2.05) is 0 Å². The second-order valence-electron chi connectivity index (χ2n) is 3.56. The molecule has 2 atom stereocenters. The van der Waals surface area contributed by atoms with Crippen molar-refractivity contribution < 1.29 is 29.3 Å². The molecule has 0 aliphatic heterocycles. The summed E-state index contributed by atoms with van der Waals surface area (Å²) in [5.41, 5.74) is 0. The molecule has 0 saturated carbocycles. The van der Waals surface area contributed by atoms with Crippen molar-refractivity contribution in [2.24, 2.45) is 0 Å². The maximum absolute atomic E-state index is 11.4. The molecule has 1 aromatic rings. The third-order valence-electron chi connectivity index (χ3n) is 2.22. The number of rotatable bonds is 6. The Bertz CT molecular complexity index is 441. The zero-order valence-corrected chi connectivity index (χ0v) is 11.5. The molecule has 106 valence electrons. The van der Waals surface area contributed by atoms with Gasteiger partial charge in [-0.05, 0) is 26.0 Å². The average Bonchev–Trinajstić information content (AvgIpc) is 2.87. The largest absolute Gasteiger partial charge is 0.464 e. The van der Waals surface area contributed by atoms with Crippen molar-refractivity contribution in [1.82, 2.24) is 0 Å². The molecule has 1 rings (SSSR count). The lowest BCUT2D eigenvalue weighted by atomic mass is 10.2. The van der Waals surface area contributed by atoms with Gasteiger partial charge in [0.05, 0.1) is 13.2 Å². The highest BCUT2D eigenvalue weighted by atomic mass is 32.1. The maximum atomic E-state index is 11.4. The van der Waals surface area contributed by atoms with E-state index in [-0.39, 0.29) is 13.2 Å².